The molecule has 1 aromatic heterocycles. The van der Waals surface area contributed by atoms with Gasteiger partial charge in [0.25, 0.3) is 0 Å². The van der Waals surface area contributed by atoms with E-state index in [0.717, 1.165) is 5.57 Å². The number of halogens is 1. The second kappa shape index (κ2) is 4.50. The molecule has 3 heteroatoms. The van der Waals surface area contributed by atoms with E-state index in [4.69, 9.17) is 5.73 Å². The van der Waals surface area contributed by atoms with Gasteiger partial charge >= 0.3 is 0 Å². The van der Waals surface area contributed by atoms with Crippen molar-refractivity contribution in [1.29, 1.82) is 0 Å². The fourth-order valence-electron chi connectivity index (χ4n) is 0.583. The molecule has 0 aliphatic rings. The number of hydrogen-bond donors (Lipinski definition) is 1. The maximum atomic E-state index is 5.37. The van der Waals surface area contributed by atoms with Crippen molar-refractivity contribution in [2.75, 3.05) is 6.54 Å². The Labute approximate surface area is 71.0 Å². The maximum Gasteiger partial charge on any atom is 0.0178 e. The smallest absolute Gasteiger partial charge is 0.0178 e. The Morgan fingerprint density at radius 2 is 2.40 bits per heavy atom. The van der Waals surface area contributed by atoms with E-state index in [1.807, 2.05) is 11.4 Å². The molecule has 1 rings (SSSR count). The van der Waals surface area contributed by atoms with Crippen molar-refractivity contribution in [2.24, 2.45) is 5.73 Å². The van der Waals surface area contributed by atoms with E-state index in [0.29, 0.717) is 6.54 Å². The molecule has 0 unspecified atom stereocenters. The van der Waals surface area contributed by atoms with Crippen molar-refractivity contribution in [1.82, 2.24) is 0 Å². The van der Waals surface area contributed by atoms with Crippen LogP contribution in [0.4, 0.5) is 0 Å². The van der Waals surface area contributed by atoms with Crippen LogP contribution in [-0.2, 0) is 0 Å². The summed E-state index contributed by atoms with van der Waals surface area (Å²) >= 11 is 1.67. The highest BCUT2D eigenvalue weighted by atomic mass is 35.5. The van der Waals surface area contributed by atoms with Crippen molar-refractivity contribution in [3.63, 3.8) is 0 Å². The normalized spacial score (nSPS) is 8.50. The summed E-state index contributed by atoms with van der Waals surface area (Å²) in [6.45, 7) is 4.35. The van der Waals surface area contributed by atoms with Crippen LogP contribution in [0.15, 0.2) is 23.4 Å². The van der Waals surface area contributed by atoms with Gasteiger partial charge in [-0.25, -0.2) is 0 Å². The molecule has 56 valence electrons. The highest BCUT2D eigenvalue weighted by molar-refractivity contribution is 7.08. The summed E-state index contributed by atoms with van der Waals surface area (Å²) in [5.74, 6) is 0. The molecule has 0 atom stereocenters. The van der Waals surface area contributed by atoms with Gasteiger partial charge in [0, 0.05) is 6.54 Å². The number of nitrogens with two attached hydrogens (primary N) is 1. The minimum absolute atomic E-state index is 0. The Balaban J connectivity index is 0.000000810. The van der Waals surface area contributed by atoms with Gasteiger partial charge in [-0.15, -0.1) is 12.4 Å². The lowest BCUT2D eigenvalue weighted by atomic mass is 10.2. The highest BCUT2D eigenvalue weighted by Gasteiger charge is 1.93. The molecule has 10 heavy (non-hydrogen) atoms. The van der Waals surface area contributed by atoms with Crippen molar-refractivity contribution in [3.8, 4) is 0 Å². The van der Waals surface area contributed by atoms with Crippen LogP contribution in [0.1, 0.15) is 5.56 Å². The van der Waals surface area contributed by atoms with Gasteiger partial charge in [-0.1, -0.05) is 6.58 Å². The van der Waals surface area contributed by atoms with Gasteiger partial charge in [-0.3, -0.25) is 0 Å². The minimum Gasteiger partial charge on any atom is -0.326 e. The topological polar surface area (TPSA) is 26.0 Å². The van der Waals surface area contributed by atoms with Crippen molar-refractivity contribution < 1.29 is 0 Å². The van der Waals surface area contributed by atoms with E-state index in [2.05, 4.69) is 12.0 Å². The fourth-order valence-corrected chi connectivity index (χ4v) is 1.28. The summed E-state index contributed by atoms with van der Waals surface area (Å²) in [5.41, 5.74) is 7.55. The second-order valence-electron chi connectivity index (χ2n) is 1.82. The first-order valence-corrected chi connectivity index (χ1v) is 3.69. The molecule has 0 aliphatic heterocycles. The average Bonchev–Trinajstić information content (AvgIpc) is 2.37. The Morgan fingerprint density at radius 3 is 2.80 bits per heavy atom. The zero-order valence-electron chi connectivity index (χ0n) is 5.54. The van der Waals surface area contributed by atoms with Crippen LogP contribution in [0.2, 0.25) is 0 Å². The Kier molecular flexibility index (Phi) is 4.36. The van der Waals surface area contributed by atoms with Crippen molar-refractivity contribution in [2.45, 2.75) is 0 Å². The van der Waals surface area contributed by atoms with Gasteiger partial charge in [-0.05, 0) is 28.0 Å². The maximum absolute atomic E-state index is 5.37. The molecule has 1 heterocycles. The van der Waals surface area contributed by atoms with Gasteiger partial charge in [0.15, 0.2) is 0 Å². The van der Waals surface area contributed by atoms with Crippen LogP contribution >= 0.6 is 23.7 Å². The number of rotatable bonds is 2. The minimum atomic E-state index is 0. The van der Waals surface area contributed by atoms with Crippen LogP contribution in [0.3, 0.4) is 0 Å². The first-order chi connectivity index (χ1) is 4.34. The predicted molar refractivity (Wildman–Crippen MR) is 49.7 cm³/mol. The van der Waals surface area contributed by atoms with E-state index in [9.17, 15) is 0 Å². The lowest BCUT2D eigenvalue weighted by Crippen LogP contribution is -1.99. The molecule has 0 aliphatic carbocycles. The first-order valence-electron chi connectivity index (χ1n) is 2.75. The summed E-state index contributed by atoms with van der Waals surface area (Å²) < 4.78 is 0. The van der Waals surface area contributed by atoms with Crippen molar-refractivity contribution in [3.05, 3.63) is 29.0 Å². The highest BCUT2D eigenvalue weighted by Crippen LogP contribution is 2.13. The van der Waals surface area contributed by atoms with Gasteiger partial charge in [0.05, 0.1) is 0 Å². The summed E-state index contributed by atoms with van der Waals surface area (Å²) in [6, 6.07) is 2.03. The molecule has 2 N–H and O–H groups in total. The molecular weight excluding hydrogens is 166 g/mol. The molecule has 0 saturated carbocycles. The van der Waals surface area contributed by atoms with Crippen molar-refractivity contribution >= 4 is 29.3 Å². The van der Waals surface area contributed by atoms with E-state index in [-0.39, 0.29) is 12.4 Å². The lowest BCUT2D eigenvalue weighted by molar-refractivity contribution is 1.28. The zero-order valence-corrected chi connectivity index (χ0v) is 7.17. The van der Waals surface area contributed by atoms with Crippen LogP contribution in [0.25, 0.3) is 5.57 Å². The van der Waals surface area contributed by atoms with Crippen LogP contribution < -0.4 is 5.73 Å². The quantitative estimate of drug-likeness (QED) is 0.733. The molecule has 0 amide bonds. The third kappa shape index (κ3) is 2.14. The fraction of sp³-hybridized carbons (Fsp3) is 0.143. The SMILES string of the molecule is C=C(CN)c1ccsc1.Cl. The van der Waals surface area contributed by atoms with E-state index in [1.165, 1.54) is 5.56 Å². The number of hydrogen-bond acceptors (Lipinski definition) is 2. The molecule has 0 saturated heterocycles. The van der Waals surface area contributed by atoms with Gasteiger partial charge < -0.3 is 5.73 Å². The molecule has 1 nitrogen and oxygen atoms in total. The summed E-state index contributed by atoms with van der Waals surface area (Å²) in [4.78, 5) is 0. The molecule has 0 bridgehead atoms. The van der Waals surface area contributed by atoms with E-state index >= 15 is 0 Å². The zero-order chi connectivity index (χ0) is 6.69. The Hall–Kier alpha value is -0.310. The molecule has 0 radical (unpaired) electrons. The third-order valence-electron chi connectivity index (χ3n) is 1.18. The molecule has 0 fully saturated rings. The number of thiophene rings is 1. The first kappa shape index (κ1) is 9.69. The van der Waals surface area contributed by atoms with Crippen LogP contribution in [0.5, 0.6) is 0 Å². The van der Waals surface area contributed by atoms with Crippen LogP contribution in [0, 0.1) is 0 Å². The summed E-state index contributed by atoms with van der Waals surface area (Å²) in [5, 5.41) is 4.07. The average molecular weight is 176 g/mol. The van der Waals surface area contributed by atoms with Gasteiger partial charge in [0.2, 0.25) is 0 Å². The Morgan fingerprint density at radius 1 is 1.70 bits per heavy atom. The van der Waals surface area contributed by atoms with Gasteiger partial charge in [-0.2, -0.15) is 11.3 Å². The lowest BCUT2D eigenvalue weighted by Gasteiger charge is -1.94. The van der Waals surface area contributed by atoms with E-state index in [1.54, 1.807) is 11.3 Å². The summed E-state index contributed by atoms with van der Waals surface area (Å²) in [7, 11) is 0. The monoisotopic (exact) mass is 175 g/mol. The predicted octanol–water partition coefficient (Wildman–Crippen LogP) is 2.14. The standard InChI is InChI=1S/C7H9NS.ClH/c1-6(4-8)7-2-3-9-5-7;/h2-3,5H,1,4,8H2;1H. The molecule has 1 aromatic rings. The van der Waals surface area contributed by atoms with Crippen LogP contribution in [-0.4, -0.2) is 6.54 Å². The second-order valence-corrected chi connectivity index (χ2v) is 2.60. The van der Waals surface area contributed by atoms with Gasteiger partial charge in [0.1, 0.15) is 0 Å². The third-order valence-corrected chi connectivity index (χ3v) is 1.86. The van der Waals surface area contributed by atoms with E-state index < -0.39 is 0 Å². The molecular formula is C7H10ClNS. The largest absolute Gasteiger partial charge is 0.326 e. The Bertz CT molecular complexity index is 193. The summed E-state index contributed by atoms with van der Waals surface area (Å²) in [6.07, 6.45) is 0. The molecule has 0 aromatic carbocycles. The molecule has 0 spiro atoms.